The molecule has 1 unspecified atom stereocenters. The number of tetrazole rings is 1. The molecule has 2 rings (SSSR count). The highest BCUT2D eigenvalue weighted by atomic mass is 35.5. The van der Waals surface area contributed by atoms with E-state index >= 15 is 0 Å². The van der Waals surface area contributed by atoms with Crippen molar-refractivity contribution >= 4 is 17.6 Å². The number of carboxylic acids is 1. The molecule has 100 valence electrons. The average Bonchev–Trinajstić information content (AvgIpc) is 2.79. The number of hydrogen-bond acceptors (Lipinski definition) is 4. The van der Waals surface area contributed by atoms with Crippen LogP contribution in [0.15, 0.2) is 24.3 Å². The molecule has 1 aromatic carbocycles. The van der Waals surface area contributed by atoms with Gasteiger partial charge in [-0.15, -0.1) is 5.10 Å². The van der Waals surface area contributed by atoms with Gasteiger partial charge in [-0.05, 0) is 28.1 Å². The van der Waals surface area contributed by atoms with Crippen molar-refractivity contribution in [3.63, 3.8) is 0 Å². The van der Waals surface area contributed by atoms with E-state index in [-0.39, 0.29) is 6.54 Å². The summed E-state index contributed by atoms with van der Waals surface area (Å²) in [5.41, 5.74) is 1.02. The van der Waals surface area contributed by atoms with Crippen molar-refractivity contribution < 1.29 is 9.90 Å². The van der Waals surface area contributed by atoms with Crippen molar-refractivity contribution in [1.82, 2.24) is 20.2 Å². The first kappa shape index (κ1) is 13.5. The lowest BCUT2D eigenvalue weighted by Gasteiger charge is -2.08. The van der Waals surface area contributed by atoms with Crippen LogP contribution in [-0.2, 0) is 17.8 Å². The average molecular weight is 281 g/mol. The molecule has 1 N–H and O–H groups in total. The van der Waals surface area contributed by atoms with E-state index < -0.39 is 11.9 Å². The van der Waals surface area contributed by atoms with Gasteiger partial charge in [0.05, 0.1) is 12.5 Å². The molecule has 0 saturated heterocycles. The van der Waals surface area contributed by atoms with Gasteiger partial charge in [-0.1, -0.05) is 30.7 Å². The van der Waals surface area contributed by atoms with Gasteiger partial charge in [-0.2, -0.15) is 0 Å². The summed E-state index contributed by atoms with van der Waals surface area (Å²) < 4.78 is 1.52. The smallest absolute Gasteiger partial charge is 0.308 e. The van der Waals surface area contributed by atoms with Crippen LogP contribution in [0.4, 0.5) is 0 Å². The van der Waals surface area contributed by atoms with Gasteiger partial charge in [0.2, 0.25) is 0 Å². The number of halogens is 1. The molecule has 2 aromatic rings. The molecule has 7 heteroatoms. The molecule has 0 amide bonds. The fourth-order valence-corrected chi connectivity index (χ4v) is 1.74. The molecular weight excluding hydrogens is 268 g/mol. The van der Waals surface area contributed by atoms with E-state index in [2.05, 4.69) is 15.5 Å². The molecule has 6 nitrogen and oxygen atoms in total. The third kappa shape index (κ3) is 3.51. The van der Waals surface area contributed by atoms with Crippen LogP contribution in [0.25, 0.3) is 0 Å². The van der Waals surface area contributed by atoms with Crippen molar-refractivity contribution in [1.29, 1.82) is 0 Å². The van der Waals surface area contributed by atoms with E-state index in [4.69, 9.17) is 16.7 Å². The monoisotopic (exact) mass is 280 g/mol. The number of benzene rings is 1. The SMILES string of the molecule is CC(Cn1nnnc1Cc1ccc(Cl)cc1)C(=O)O. The summed E-state index contributed by atoms with van der Waals surface area (Å²) >= 11 is 5.82. The first-order chi connectivity index (χ1) is 9.06. The molecule has 19 heavy (non-hydrogen) atoms. The highest BCUT2D eigenvalue weighted by Crippen LogP contribution is 2.12. The number of aliphatic carboxylic acids is 1. The largest absolute Gasteiger partial charge is 0.481 e. The lowest BCUT2D eigenvalue weighted by Crippen LogP contribution is -2.19. The second-order valence-corrected chi connectivity index (χ2v) is 4.76. The Morgan fingerprint density at radius 3 is 2.74 bits per heavy atom. The van der Waals surface area contributed by atoms with Gasteiger partial charge < -0.3 is 5.11 Å². The fourth-order valence-electron chi connectivity index (χ4n) is 1.61. The van der Waals surface area contributed by atoms with Crippen LogP contribution in [0.5, 0.6) is 0 Å². The Hall–Kier alpha value is -1.95. The van der Waals surface area contributed by atoms with Crippen LogP contribution in [0.1, 0.15) is 18.3 Å². The number of carbonyl (C=O) groups is 1. The van der Waals surface area contributed by atoms with Crippen molar-refractivity contribution in [3.8, 4) is 0 Å². The molecule has 1 aromatic heterocycles. The topological polar surface area (TPSA) is 80.9 Å². The Balaban J connectivity index is 2.11. The Labute approximate surface area is 115 Å². The summed E-state index contributed by atoms with van der Waals surface area (Å²) in [6.07, 6.45) is 0.538. The maximum absolute atomic E-state index is 10.8. The van der Waals surface area contributed by atoms with Crippen LogP contribution in [0.2, 0.25) is 5.02 Å². The molecule has 0 saturated carbocycles. The molecule has 0 spiro atoms. The third-order valence-electron chi connectivity index (χ3n) is 2.75. The van der Waals surface area contributed by atoms with E-state index in [1.54, 1.807) is 19.1 Å². The highest BCUT2D eigenvalue weighted by molar-refractivity contribution is 6.30. The van der Waals surface area contributed by atoms with Gasteiger partial charge in [-0.25, -0.2) is 4.68 Å². The van der Waals surface area contributed by atoms with Crippen LogP contribution < -0.4 is 0 Å². The standard InChI is InChI=1S/C12H13ClN4O2/c1-8(12(18)19)7-17-11(14-15-16-17)6-9-2-4-10(13)5-3-9/h2-5,8H,6-7H2,1H3,(H,18,19). The highest BCUT2D eigenvalue weighted by Gasteiger charge is 2.15. The quantitative estimate of drug-likeness (QED) is 0.900. The first-order valence-corrected chi connectivity index (χ1v) is 6.16. The first-order valence-electron chi connectivity index (χ1n) is 5.78. The number of aromatic nitrogens is 4. The van der Waals surface area contributed by atoms with Gasteiger partial charge in [0.15, 0.2) is 5.82 Å². The maximum atomic E-state index is 10.8. The molecule has 0 fully saturated rings. The van der Waals surface area contributed by atoms with Crippen LogP contribution in [0, 0.1) is 5.92 Å². The van der Waals surface area contributed by atoms with E-state index in [0.29, 0.717) is 17.3 Å². The van der Waals surface area contributed by atoms with Gasteiger partial charge in [0, 0.05) is 11.4 Å². The normalized spacial score (nSPS) is 12.3. The van der Waals surface area contributed by atoms with E-state index in [9.17, 15) is 4.79 Å². The molecular formula is C12H13ClN4O2. The van der Waals surface area contributed by atoms with Crippen molar-refractivity contribution in [3.05, 3.63) is 40.7 Å². The number of rotatable bonds is 5. The summed E-state index contributed by atoms with van der Waals surface area (Å²) in [7, 11) is 0. The molecule has 1 atom stereocenters. The van der Waals surface area contributed by atoms with Gasteiger partial charge in [-0.3, -0.25) is 4.79 Å². The summed E-state index contributed by atoms with van der Waals surface area (Å²) in [5, 5.41) is 20.9. The lowest BCUT2D eigenvalue weighted by molar-refractivity contribution is -0.141. The molecule has 0 aliphatic heterocycles. The van der Waals surface area contributed by atoms with Gasteiger partial charge in [0.1, 0.15) is 0 Å². The Morgan fingerprint density at radius 2 is 2.11 bits per heavy atom. The summed E-state index contributed by atoms with van der Waals surface area (Å²) in [6, 6.07) is 7.37. The van der Waals surface area contributed by atoms with Crippen molar-refractivity contribution in [2.24, 2.45) is 5.92 Å². The zero-order chi connectivity index (χ0) is 13.8. The third-order valence-corrected chi connectivity index (χ3v) is 3.00. The lowest BCUT2D eigenvalue weighted by atomic mass is 10.1. The minimum atomic E-state index is -0.868. The molecule has 0 bridgehead atoms. The second kappa shape index (κ2) is 5.79. The van der Waals surface area contributed by atoms with Crippen LogP contribution >= 0.6 is 11.6 Å². The maximum Gasteiger partial charge on any atom is 0.308 e. The minimum absolute atomic E-state index is 0.255. The van der Waals surface area contributed by atoms with Crippen molar-refractivity contribution in [2.45, 2.75) is 19.9 Å². The Bertz CT molecular complexity index is 567. The summed E-state index contributed by atoms with van der Waals surface area (Å²) in [4.78, 5) is 10.8. The van der Waals surface area contributed by atoms with Crippen LogP contribution in [0.3, 0.4) is 0 Å². The molecule has 0 aliphatic carbocycles. The number of carboxylic acid groups (broad SMARTS) is 1. The minimum Gasteiger partial charge on any atom is -0.481 e. The van der Waals surface area contributed by atoms with E-state index in [1.807, 2.05) is 12.1 Å². The van der Waals surface area contributed by atoms with Gasteiger partial charge >= 0.3 is 5.97 Å². The Kier molecular flexibility index (Phi) is 4.11. The second-order valence-electron chi connectivity index (χ2n) is 4.32. The van der Waals surface area contributed by atoms with Crippen molar-refractivity contribution in [2.75, 3.05) is 0 Å². The number of hydrogen-bond donors (Lipinski definition) is 1. The van der Waals surface area contributed by atoms with Gasteiger partial charge in [0.25, 0.3) is 0 Å². The zero-order valence-electron chi connectivity index (χ0n) is 10.3. The fraction of sp³-hybridized carbons (Fsp3) is 0.333. The van der Waals surface area contributed by atoms with E-state index in [0.717, 1.165) is 5.56 Å². The van der Waals surface area contributed by atoms with E-state index in [1.165, 1.54) is 4.68 Å². The molecule has 0 radical (unpaired) electrons. The predicted molar refractivity (Wildman–Crippen MR) is 68.9 cm³/mol. The van der Waals surface area contributed by atoms with Crippen LogP contribution in [-0.4, -0.2) is 31.3 Å². The number of nitrogens with zero attached hydrogens (tertiary/aromatic N) is 4. The Morgan fingerprint density at radius 1 is 1.42 bits per heavy atom. The summed E-state index contributed by atoms with van der Waals surface area (Å²) in [6.45, 7) is 1.88. The predicted octanol–water partition coefficient (Wildman–Crippen LogP) is 1.64. The zero-order valence-corrected chi connectivity index (χ0v) is 11.1. The molecule has 1 heterocycles. The summed E-state index contributed by atoms with van der Waals surface area (Å²) in [5.74, 6) is -0.768. The molecule has 0 aliphatic rings.